The van der Waals surface area contributed by atoms with Gasteiger partial charge in [-0.1, -0.05) is 12.1 Å². The summed E-state index contributed by atoms with van der Waals surface area (Å²) in [6.45, 7) is 2.64. The summed E-state index contributed by atoms with van der Waals surface area (Å²) in [6, 6.07) is 13.2. The minimum atomic E-state index is -0.345. The van der Waals surface area contributed by atoms with Crippen LogP contribution < -0.4 is 5.32 Å². The Hall–Kier alpha value is -3.66. The van der Waals surface area contributed by atoms with Crippen LogP contribution in [-0.2, 0) is 16.0 Å². The van der Waals surface area contributed by atoms with Crippen LogP contribution in [0.4, 0.5) is 10.1 Å². The third kappa shape index (κ3) is 5.48. The molecule has 0 bridgehead atoms. The zero-order valence-corrected chi connectivity index (χ0v) is 16.8. The Labute approximate surface area is 178 Å². The van der Waals surface area contributed by atoms with Gasteiger partial charge in [-0.25, -0.2) is 9.07 Å². The first kappa shape index (κ1) is 20.6. The lowest BCUT2D eigenvalue weighted by Crippen LogP contribution is -2.50. The molecule has 1 saturated heterocycles. The largest absolute Gasteiger partial charge is 0.340 e. The van der Waals surface area contributed by atoms with Gasteiger partial charge in [-0.3, -0.25) is 14.5 Å². The SMILES string of the molecule is O=C(CN1CCN(C(=O)Cc2ccc(-n3cnnn3)cc2)CC1)Nc1ccc(F)cc1. The van der Waals surface area contributed by atoms with Gasteiger partial charge in [0.05, 0.1) is 18.7 Å². The van der Waals surface area contributed by atoms with E-state index in [0.29, 0.717) is 38.3 Å². The average Bonchev–Trinajstić information content (AvgIpc) is 3.31. The van der Waals surface area contributed by atoms with Gasteiger partial charge in [0.2, 0.25) is 11.8 Å². The molecule has 31 heavy (non-hydrogen) atoms. The highest BCUT2D eigenvalue weighted by atomic mass is 19.1. The first-order chi connectivity index (χ1) is 15.1. The van der Waals surface area contributed by atoms with Crippen LogP contribution >= 0.6 is 0 Å². The first-order valence-corrected chi connectivity index (χ1v) is 9.95. The topological polar surface area (TPSA) is 96.3 Å². The molecule has 2 amide bonds. The van der Waals surface area contributed by atoms with Crippen molar-refractivity contribution >= 4 is 17.5 Å². The normalized spacial score (nSPS) is 14.4. The van der Waals surface area contributed by atoms with Crippen molar-refractivity contribution in [2.75, 3.05) is 38.0 Å². The van der Waals surface area contributed by atoms with E-state index in [4.69, 9.17) is 0 Å². The molecule has 0 spiro atoms. The number of hydrogen-bond donors (Lipinski definition) is 1. The van der Waals surface area contributed by atoms with E-state index in [9.17, 15) is 14.0 Å². The summed E-state index contributed by atoms with van der Waals surface area (Å²) in [5.74, 6) is -0.443. The number of carbonyl (C=O) groups is 2. The fourth-order valence-corrected chi connectivity index (χ4v) is 3.42. The number of aromatic nitrogens is 4. The second kappa shape index (κ2) is 9.43. The predicted molar refractivity (Wildman–Crippen MR) is 111 cm³/mol. The molecule has 1 aliphatic rings. The monoisotopic (exact) mass is 423 g/mol. The molecule has 4 rings (SSSR count). The lowest BCUT2D eigenvalue weighted by molar-refractivity contribution is -0.132. The van der Waals surface area contributed by atoms with E-state index in [1.54, 1.807) is 4.68 Å². The van der Waals surface area contributed by atoms with Crippen LogP contribution in [0.3, 0.4) is 0 Å². The number of carbonyl (C=O) groups excluding carboxylic acids is 2. The van der Waals surface area contributed by atoms with Gasteiger partial charge >= 0.3 is 0 Å². The molecule has 0 atom stereocenters. The third-order valence-electron chi connectivity index (χ3n) is 5.13. The van der Waals surface area contributed by atoms with Crippen LogP contribution in [0.2, 0.25) is 0 Å². The molecule has 1 N–H and O–H groups in total. The number of anilines is 1. The molecule has 1 fully saturated rings. The van der Waals surface area contributed by atoms with Crippen LogP contribution in [0, 0.1) is 5.82 Å². The number of nitrogens with one attached hydrogen (secondary N) is 1. The molecule has 9 nitrogen and oxygen atoms in total. The van der Waals surface area contributed by atoms with Gasteiger partial charge in [-0.05, 0) is 52.4 Å². The summed E-state index contributed by atoms with van der Waals surface area (Å²) in [6.07, 6.45) is 1.83. The maximum Gasteiger partial charge on any atom is 0.238 e. The van der Waals surface area contributed by atoms with Crippen molar-refractivity contribution < 1.29 is 14.0 Å². The van der Waals surface area contributed by atoms with Crippen LogP contribution in [-0.4, -0.2) is 74.5 Å². The van der Waals surface area contributed by atoms with Crippen molar-refractivity contribution in [3.63, 3.8) is 0 Å². The number of hydrogen-bond acceptors (Lipinski definition) is 6. The number of piperazine rings is 1. The van der Waals surface area contributed by atoms with E-state index in [1.165, 1.54) is 30.6 Å². The van der Waals surface area contributed by atoms with Gasteiger partial charge in [0, 0.05) is 31.9 Å². The molecule has 0 aliphatic carbocycles. The van der Waals surface area contributed by atoms with Crippen molar-refractivity contribution in [1.29, 1.82) is 0 Å². The van der Waals surface area contributed by atoms with Gasteiger partial charge < -0.3 is 10.2 Å². The van der Waals surface area contributed by atoms with Gasteiger partial charge in [-0.2, -0.15) is 0 Å². The smallest absolute Gasteiger partial charge is 0.238 e. The Morgan fingerprint density at radius 3 is 2.32 bits per heavy atom. The highest BCUT2D eigenvalue weighted by Gasteiger charge is 2.22. The van der Waals surface area contributed by atoms with Gasteiger partial charge in [0.15, 0.2) is 0 Å². The Morgan fingerprint density at radius 1 is 0.968 bits per heavy atom. The zero-order chi connectivity index (χ0) is 21.6. The van der Waals surface area contributed by atoms with E-state index in [0.717, 1.165) is 11.3 Å². The van der Waals surface area contributed by atoms with Gasteiger partial charge in [-0.15, -0.1) is 5.10 Å². The molecular formula is C21H22FN7O2. The average molecular weight is 423 g/mol. The highest BCUT2D eigenvalue weighted by Crippen LogP contribution is 2.12. The van der Waals surface area contributed by atoms with E-state index >= 15 is 0 Å². The quantitative estimate of drug-likeness (QED) is 0.639. The van der Waals surface area contributed by atoms with Crippen molar-refractivity contribution in [2.24, 2.45) is 0 Å². The molecule has 0 unspecified atom stereocenters. The molecule has 2 heterocycles. The van der Waals surface area contributed by atoms with Crippen molar-refractivity contribution in [3.8, 4) is 5.69 Å². The van der Waals surface area contributed by atoms with Crippen molar-refractivity contribution in [3.05, 3.63) is 66.2 Å². The number of benzene rings is 2. The summed E-state index contributed by atoms with van der Waals surface area (Å²) in [5, 5.41) is 13.8. The maximum atomic E-state index is 13.0. The van der Waals surface area contributed by atoms with Crippen molar-refractivity contribution in [2.45, 2.75) is 6.42 Å². The fraction of sp³-hybridized carbons (Fsp3) is 0.286. The third-order valence-corrected chi connectivity index (χ3v) is 5.13. The Balaban J connectivity index is 1.22. The van der Waals surface area contributed by atoms with Crippen LogP contribution in [0.5, 0.6) is 0 Å². The maximum absolute atomic E-state index is 13.0. The predicted octanol–water partition coefficient (Wildman–Crippen LogP) is 1.13. The number of amides is 2. The Kier molecular flexibility index (Phi) is 6.27. The van der Waals surface area contributed by atoms with Crippen LogP contribution in [0.1, 0.15) is 5.56 Å². The zero-order valence-electron chi connectivity index (χ0n) is 16.8. The summed E-state index contributed by atoms with van der Waals surface area (Å²) >= 11 is 0. The van der Waals surface area contributed by atoms with E-state index in [2.05, 4.69) is 20.8 Å². The molecule has 0 radical (unpaired) electrons. The molecule has 3 aromatic rings. The standard InChI is InChI=1S/C21H22FN7O2/c22-17-3-5-18(6-4-17)24-20(30)14-27-9-11-28(12-10-27)21(31)13-16-1-7-19(8-2-16)29-15-23-25-26-29/h1-8,15H,9-14H2,(H,24,30). The minimum Gasteiger partial charge on any atom is -0.340 e. The molecule has 160 valence electrons. The molecule has 1 aromatic heterocycles. The molecule has 0 saturated carbocycles. The van der Waals surface area contributed by atoms with Crippen LogP contribution in [0.25, 0.3) is 5.69 Å². The van der Waals surface area contributed by atoms with Gasteiger partial charge in [0.25, 0.3) is 0 Å². The fourth-order valence-electron chi connectivity index (χ4n) is 3.42. The second-order valence-electron chi connectivity index (χ2n) is 7.31. The van der Waals surface area contributed by atoms with E-state index in [1.807, 2.05) is 34.1 Å². The number of rotatable bonds is 6. The first-order valence-electron chi connectivity index (χ1n) is 9.95. The lowest BCUT2D eigenvalue weighted by atomic mass is 10.1. The van der Waals surface area contributed by atoms with Crippen LogP contribution in [0.15, 0.2) is 54.9 Å². The van der Waals surface area contributed by atoms with Crippen molar-refractivity contribution in [1.82, 2.24) is 30.0 Å². The Morgan fingerprint density at radius 2 is 1.68 bits per heavy atom. The summed E-state index contributed by atoms with van der Waals surface area (Å²) in [4.78, 5) is 28.7. The lowest BCUT2D eigenvalue weighted by Gasteiger charge is -2.34. The minimum absolute atomic E-state index is 0.0607. The van der Waals surface area contributed by atoms with E-state index in [-0.39, 0.29) is 24.2 Å². The highest BCUT2D eigenvalue weighted by molar-refractivity contribution is 5.92. The van der Waals surface area contributed by atoms with E-state index < -0.39 is 0 Å². The molecule has 2 aromatic carbocycles. The number of halogens is 1. The number of tetrazole rings is 1. The molecular weight excluding hydrogens is 401 g/mol. The van der Waals surface area contributed by atoms with Gasteiger partial charge in [0.1, 0.15) is 12.1 Å². The summed E-state index contributed by atoms with van der Waals surface area (Å²) in [7, 11) is 0. The molecule has 1 aliphatic heterocycles. The second-order valence-corrected chi connectivity index (χ2v) is 7.31. The summed E-state index contributed by atoms with van der Waals surface area (Å²) in [5.41, 5.74) is 2.31. The molecule has 10 heteroatoms. The Bertz CT molecular complexity index is 1010. The summed E-state index contributed by atoms with van der Waals surface area (Å²) < 4.78 is 14.5. The number of nitrogens with zero attached hydrogens (tertiary/aromatic N) is 6.